The van der Waals surface area contributed by atoms with Gasteiger partial charge in [0.15, 0.2) is 0 Å². The summed E-state index contributed by atoms with van der Waals surface area (Å²) in [7, 11) is 1.88. The fourth-order valence-electron chi connectivity index (χ4n) is 1.14. The number of aryl methyl sites for hydroxylation is 2. The predicted octanol–water partition coefficient (Wildman–Crippen LogP) is 1.51. The summed E-state index contributed by atoms with van der Waals surface area (Å²) in [5.41, 5.74) is 1.61. The number of esters is 1. The van der Waals surface area contributed by atoms with Crippen molar-refractivity contribution in [2.24, 2.45) is 7.05 Å². The van der Waals surface area contributed by atoms with Crippen molar-refractivity contribution in [1.82, 2.24) is 4.57 Å². The van der Waals surface area contributed by atoms with Gasteiger partial charge < -0.3 is 9.30 Å². The summed E-state index contributed by atoms with van der Waals surface area (Å²) in [4.78, 5) is 11.2. The second-order valence-corrected chi connectivity index (χ2v) is 2.74. The summed E-state index contributed by atoms with van der Waals surface area (Å²) < 4.78 is 6.72. The molecule has 0 aliphatic heterocycles. The van der Waals surface area contributed by atoms with Crippen molar-refractivity contribution in [3.8, 4) is 0 Å². The van der Waals surface area contributed by atoms with Crippen LogP contribution in [0.25, 0.3) is 0 Å². The van der Waals surface area contributed by atoms with Gasteiger partial charge in [0.05, 0.1) is 12.2 Å². The summed E-state index contributed by atoms with van der Waals surface area (Å²) >= 11 is 0. The third kappa shape index (κ3) is 1.67. The monoisotopic (exact) mass is 167 g/mol. The van der Waals surface area contributed by atoms with Gasteiger partial charge in [0.25, 0.3) is 0 Å². The van der Waals surface area contributed by atoms with Crippen LogP contribution < -0.4 is 0 Å². The fraction of sp³-hybridized carbons (Fsp3) is 0.444. The Hall–Kier alpha value is -1.25. The topological polar surface area (TPSA) is 31.2 Å². The van der Waals surface area contributed by atoms with Gasteiger partial charge in [-0.3, -0.25) is 0 Å². The average Bonchev–Trinajstić information content (AvgIpc) is 2.30. The zero-order chi connectivity index (χ0) is 9.14. The molecule has 0 N–H and O–H groups in total. The highest BCUT2D eigenvalue weighted by atomic mass is 16.5. The van der Waals surface area contributed by atoms with E-state index in [1.54, 1.807) is 13.1 Å². The Morgan fingerprint density at radius 2 is 2.25 bits per heavy atom. The van der Waals surface area contributed by atoms with Gasteiger partial charge in [-0.05, 0) is 19.4 Å². The Kier molecular flexibility index (Phi) is 2.53. The molecule has 1 rings (SSSR count). The van der Waals surface area contributed by atoms with Crippen molar-refractivity contribution < 1.29 is 9.53 Å². The quantitative estimate of drug-likeness (QED) is 0.625. The zero-order valence-corrected chi connectivity index (χ0v) is 7.63. The van der Waals surface area contributed by atoms with Gasteiger partial charge in [-0.15, -0.1) is 0 Å². The Balaban J connectivity index is 2.87. The van der Waals surface area contributed by atoms with Crippen molar-refractivity contribution in [3.63, 3.8) is 0 Å². The molecule has 0 unspecified atom stereocenters. The SMILES string of the molecule is CCOC(=O)c1cn(C)cc1C. The lowest BCUT2D eigenvalue weighted by Crippen LogP contribution is -2.04. The van der Waals surface area contributed by atoms with Crippen LogP contribution in [-0.4, -0.2) is 17.1 Å². The smallest absolute Gasteiger partial charge is 0.339 e. The number of hydrogen-bond acceptors (Lipinski definition) is 2. The Morgan fingerprint density at radius 1 is 1.58 bits per heavy atom. The highest BCUT2D eigenvalue weighted by molar-refractivity contribution is 5.90. The van der Waals surface area contributed by atoms with Crippen molar-refractivity contribution in [3.05, 3.63) is 23.5 Å². The number of carbonyl (C=O) groups excluding carboxylic acids is 1. The van der Waals surface area contributed by atoms with E-state index in [2.05, 4.69) is 0 Å². The molecule has 0 aliphatic carbocycles. The minimum Gasteiger partial charge on any atom is -0.462 e. The molecule has 0 radical (unpaired) electrons. The average molecular weight is 167 g/mol. The minimum atomic E-state index is -0.240. The molecule has 3 nitrogen and oxygen atoms in total. The molecule has 0 bridgehead atoms. The van der Waals surface area contributed by atoms with E-state index in [1.807, 2.05) is 24.7 Å². The molecule has 0 aromatic carbocycles. The zero-order valence-electron chi connectivity index (χ0n) is 7.63. The lowest BCUT2D eigenvalue weighted by molar-refractivity contribution is 0.0525. The van der Waals surface area contributed by atoms with Gasteiger partial charge in [-0.25, -0.2) is 4.79 Å². The first-order valence-corrected chi connectivity index (χ1v) is 3.94. The second-order valence-electron chi connectivity index (χ2n) is 2.74. The minimum absolute atomic E-state index is 0.240. The molecule has 0 saturated carbocycles. The Bertz CT molecular complexity index is 289. The van der Waals surface area contributed by atoms with Crippen LogP contribution in [0, 0.1) is 6.92 Å². The highest BCUT2D eigenvalue weighted by Crippen LogP contribution is 2.09. The molecule has 3 heteroatoms. The van der Waals surface area contributed by atoms with Crippen LogP contribution in [0.15, 0.2) is 12.4 Å². The Labute approximate surface area is 72.0 Å². The highest BCUT2D eigenvalue weighted by Gasteiger charge is 2.10. The van der Waals surface area contributed by atoms with Crippen LogP contribution in [0.1, 0.15) is 22.8 Å². The first-order chi connectivity index (χ1) is 5.65. The second kappa shape index (κ2) is 3.43. The maximum atomic E-state index is 11.2. The van der Waals surface area contributed by atoms with E-state index >= 15 is 0 Å². The number of carbonyl (C=O) groups is 1. The van der Waals surface area contributed by atoms with Crippen LogP contribution in [-0.2, 0) is 11.8 Å². The van der Waals surface area contributed by atoms with Gasteiger partial charge in [-0.1, -0.05) is 0 Å². The van der Waals surface area contributed by atoms with Crippen molar-refractivity contribution in [2.45, 2.75) is 13.8 Å². The number of hydrogen-bond donors (Lipinski definition) is 0. The molecular weight excluding hydrogens is 154 g/mol. The molecule has 0 atom stereocenters. The number of nitrogens with zero attached hydrogens (tertiary/aromatic N) is 1. The van der Waals surface area contributed by atoms with Crippen LogP contribution in [0.4, 0.5) is 0 Å². The molecule has 0 fully saturated rings. The molecule has 12 heavy (non-hydrogen) atoms. The lowest BCUT2D eigenvalue weighted by atomic mass is 10.2. The van der Waals surface area contributed by atoms with Crippen LogP contribution in [0.5, 0.6) is 0 Å². The van der Waals surface area contributed by atoms with Gasteiger partial charge in [0.2, 0.25) is 0 Å². The standard InChI is InChI=1S/C9H13NO2/c1-4-12-9(11)8-6-10(3)5-7(8)2/h5-6H,4H2,1-3H3. The summed E-state index contributed by atoms with van der Waals surface area (Å²) in [6.07, 6.45) is 3.67. The van der Waals surface area contributed by atoms with E-state index in [0.717, 1.165) is 5.56 Å². The molecular formula is C9H13NO2. The number of rotatable bonds is 2. The molecule has 0 spiro atoms. The number of ether oxygens (including phenoxy) is 1. The summed E-state index contributed by atoms with van der Waals surface area (Å²) in [6, 6.07) is 0. The first kappa shape index (κ1) is 8.84. The van der Waals surface area contributed by atoms with Crippen molar-refractivity contribution in [1.29, 1.82) is 0 Å². The van der Waals surface area contributed by atoms with Gasteiger partial charge >= 0.3 is 5.97 Å². The summed E-state index contributed by atoms with van der Waals surface area (Å²) in [6.45, 7) is 4.12. The van der Waals surface area contributed by atoms with Crippen LogP contribution >= 0.6 is 0 Å². The maximum absolute atomic E-state index is 11.2. The molecule has 0 saturated heterocycles. The van der Waals surface area contributed by atoms with Gasteiger partial charge in [0, 0.05) is 19.4 Å². The number of aromatic nitrogens is 1. The third-order valence-corrected chi connectivity index (χ3v) is 1.65. The van der Waals surface area contributed by atoms with Gasteiger partial charge in [-0.2, -0.15) is 0 Å². The fourth-order valence-corrected chi connectivity index (χ4v) is 1.14. The van der Waals surface area contributed by atoms with E-state index in [1.165, 1.54) is 0 Å². The van der Waals surface area contributed by atoms with E-state index in [-0.39, 0.29) is 5.97 Å². The molecule has 1 aromatic rings. The molecule has 66 valence electrons. The van der Waals surface area contributed by atoms with Crippen molar-refractivity contribution in [2.75, 3.05) is 6.61 Å². The van der Waals surface area contributed by atoms with Crippen molar-refractivity contribution >= 4 is 5.97 Å². The largest absolute Gasteiger partial charge is 0.462 e. The third-order valence-electron chi connectivity index (χ3n) is 1.65. The normalized spacial score (nSPS) is 9.92. The molecule has 1 heterocycles. The lowest BCUT2D eigenvalue weighted by Gasteiger charge is -1.98. The van der Waals surface area contributed by atoms with E-state index in [9.17, 15) is 4.79 Å². The molecule has 1 aromatic heterocycles. The first-order valence-electron chi connectivity index (χ1n) is 3.94. The Morgan fingerprint density at radius 3 is 2.67 bits per heavy atom. The molecule has 0 amide bonds. The maximum Gasteiger partial charge on any atom is 0.339 e. The van der Waals surface area contributed by atoms with E-state index < -0.39 is 0 Å². The van der Waals surface area contributed by atoms with E-state index in [0.29, 0.717) is 12.2 Å². The van der Waals surface area contributed by atoms with Crippen LogP contribution in [0.3, 0.4) is 0 Å². The van der Waals surface area contributed by atoms with Gasteiger partial charge in [0.1, 0.15) is 0 Å². The van der Waals surface area contributed by atoms with E-state index in [4.69, 9.17) is 4.74 Å². The predicted molar refractivity (Wildman–Crippen MR) is 46.1 cm³/mol. The summed E-state index contributed by atoms with van der Waals surface area (Å²) in [5.74, 6) is -0.240. The summed E-state index contributed by atoms with van der Waals surface area (Å²) in [5, 5.41) is 0. The van der Waals surface area contributed by atoms with Crippen LogP contribution in [0.2, 0.25) is 0 Å². The molecule has 0 aliphatic rings.